The van der Waals surface area contributed by atoms with Crippen molar-refractivity contribution in [3.05, 3.63) is 41.0 Å². The van der Waals surface area contributed by atoms with Crippen LogP contribution in [0.15, 0.2) is 29.8 Å². The lowest BCUT2D eigenvalue weighted by Gasteiger charge is -2.16. The van der Waals surface area contributed by atoms with Gasteiger partial charge in [-0.25, -0.2) is 0 Å². The van der Waals surface area contributed by atoms with E-state index in [9.17, 15) is 9.59 Å². The van der Waals surface area contributed by atoms with Crippen molar-refractivity contribution in [2.24, 2.45) is 0 Å². The molecule has 0 atom stereocenters. The summed E-state index contributed by atoms with van der Waals surface area (Å²) in [4.78, 5) is 24.4. The highest BCUT2D eigenvalue weighted by molar-refractivity contribution is 6.24. The van der Waals surface area contributed by atoms with Crippen LogP contribution in [0.25, 0.3) is 0 Å². The van der Waals surface area contributed by atoms with Gasteiger partial charge in [0.25, 0.3) is 0 Å². The van der Waals surface area contributed by atoms with Gasteiger partial charge >= 0.3 is 0 Å². The van der Waals surface area contributed by atoms with Crippen LogP contribution in [-0.2, 0) is 0 Å². The molecule has 0 N–H and O–H groups in total. The van der Waals surface area contributed by atoms with Crippen LogP contribution in [0, 0.1) is 0 Å². The molecule has 1 aliphatic rings. The maximum absolute atomic E-state index is 12.3. The fourth-order valence-corrected chi connectivity index (χ4v) is 2.21. The lowest BCUT2D eigenvalue weighted by atomic mass is 9.87. The highest BCUT2D eigenvalue weighted by Gasteiger charge is 2.25. The molecule has 100 valence electrons. The van der Waals surface area contributed by atoms with Crippen LogP contribution >= 0.6 is 0 Å². The van der Waals surface area contributed by atoms with Gasteiger partial charge in [-0.15, -0.1) is 0 Å². The first-order chi connectivity index (χ1) is 9.17. The Balaban J connectivity index is 2.35. The molecule has 0 aliphatic heterocycles. The molecule has 1 aromatic rings. The molecule has 0 unspecified atom stereocenters. The first kappa shape index (κ1) is 13.5. The Morgan fingerprint density at radius 2 is 1.89 bits per heavy atom. The largest absolute Gasteiger partial charge is 0.494 e. The molecule has 0 radical (unpaired) electrons. The number of carbonyl (C=O) groups is 2. The molecule has 2 rings (SSSR count). The van der Waals surface area contributed by atoms with E-state index in [0.29, 0.717) is 35.5 Å². The second-order valence-corrected chi connectivity index (χ2v) is 4.61. The fourth-order valence-electron chi connectivity index (χ4n) is 2.21. The number of allylic oxidation sites excluding steroid dienone is 2. The van der Waals surface area contributed by atoms with Crippen LogP contribution in [0.4, 0.5) is 0 Å². The molecule has 0 saturated heterocycles. The first-order valence-electron chi connectivity index (χ1n) is 6.73. The van der Waals surface area contributed by atoms with Gasteiger partial charge in [0.2, 0.25) is 0 Å². The third kappa shape index (κ3) is 2.75. The maximum atomic E-state index is 12.3. The standard InChI is InChI=1S/C16H18O3/c1-3-5-6-11-9-15(17)13-8-7-12(19-4-2)10-14(13)16(11)18/h7-10H,3-6H2,1-2H3. The van der Waals surface area contributed by atoms with E-state index in [0.717, 1.165) is 12.8 Å². The molecule has 19 heavy (non-hydrogen) atoms. The molecule has 0 amide bonds. The molecule has 1 aliphatic carbocycles. The predicted molar refractivity (Wildman–Crippen MR) is 73.9 cm³/mol. The van der Waals surface area contributed by atoms with Crippen molar-refractivity contribution in [3.8, 4) is 5.75 Å². The smallest absolute Gasteiger partial charge is 0.190 e. The number of ketones is 2. The highest BCUT2D eigenvalue weighted by Crippen LogP contribution is 2.27. The van der Waals surface area contributed by atoms with E-state index in [4.69, 9.17) is 4.74 Å². The van der Waals surface area contributed by atoms with Gasteiger partial charge in [0.15, 0.2) is 11.6 Å². The number of hydrogen-bond donors (Lipinski definition) is 0. The van der Waals surface area contributed by atoms with Crippen LogP contribution in [0.5, 0.6) is 5.75 Å². The summed E-state index contributed by atoms with van der Waals surface area (Å²) in [5.41, 5.74) is 1.58. The monoisotopic (exact) mass is 258 g/mol. The van der Waals surface area contributed by atoms with E-state index >= 15 is 0 Å². The maximum Gasteiger partial charge on any atom is 0.190 e. The molecule has 0 spiro atoms. The lowest BCUT2D eigenvalue weighted by molar-refractivity contribution is 0.0981. The van der Waals surface area contributed by atoms with Crippen LogP contribution in [0.1, 0.15) is 53.8 Å². The Hall–Kier alpha value is -1.90. The molecule has 0 aromatic heterocycles. The summed E-state index contributed by atoms with van der Waals surface area (Å²) in [6.45, 7) is 4.50. The van der Waals surface area contributed by atoms with Gasteiger partial charge in [0, 0.05) is 16.7 Å². The minimum atomic E-state index is -0.0799. The van der Waals surface area contributed by atoms with Crippen molar-refractivity contribution in [2.45, 2.75) is 33.1 Å². The van der Waals surface area contributed by atoms with E-state index in [1.807, 2.05) is 6.92 Å². The van der Waals surface area contributed by atoms with Crippen molar-refractivity contribution in [1.29, 1.82) is 0 Å². The first-order valence-corrected chi connectivity index (χ1v) is 6.73. The number of fused-ring (bicyclic) bond motifs is 1. The van der Waals surface area contributed by atoms with Crippen LogP contribution in [0.2, 0.25) is 0 Å². The predicted octanol–water partition coefficient (Wildman–Crippen LogP) is 3.58. The van der Waals surface area contributed by atoms with Crippen molar-refractivity contribution >= 4 is 11.6 Å². The Morgan fingerprint density at radius 3 is 2.58 bits per heavy atom. The number of ether oxygens (including phenoxy) is 1. The fraction of sp³-hybridized carbons (Fsp3) is 0.375. The number of rotatable bonds is 5. The van der Waals surface area contributed by atoms with Crippen LogP contribution < -0.4 is 4.74 Å². The number of Topliss-reactive ketones (excluding diaryl/α,β-unsaturated/α-hetero) is 1. The molecule has 3 heteroatoms. The molecule has 0 fully saturated rings. The Labute approximate surface area is 113 Å². The van der Waals surface area contributed by atoms with Gasteiger partial charge in [-0.1, -0.05) is 13.3 Å². The van der Waals surface area contributed by atoms with Crippen molar-refractivity contribution in [3.63, 3.8) is 0 Å². The Morgan fingerprint density at radius 1 is 1.11 bits per heavy atom. The molecular formula is C16H18O3. The van der Waals surface area contributed by atoms with Crippen LogP contribution in [0.3, 0.4) is 0 Å². The van der Waals surface area contributed by atoms with E-state index in [-0.39, 0.29) is 11.6 Å². The van der Waals surface area contributed by atoms with E-state index in [2.05, 4.69) is 6.92 Å². The summed E-state index contributed by atoms with van der Waals surface area (Å²) >= 11 is 0. The lowest BCUT2D eigenvalue weighted by Crippen LogP contribution is -2.17. The second kappa shape index (κ2) is 5.83. The number of hydrogen-bond acceptors (Lipinski definition) is 3. The average Bonchev–Trinajstić information content (AvgIpc) is 2.41. The molecule has 0 saturated carbocycles. The quantitative estimate of drug-likeness (QED) is 0.810. The molecule has 3 nitrogen and oxygen atoms in total. The SMILES string of the molecule is CCCCC1=CC(=O)c2ccc(OCC)cc2C1=O. The number of unbranched alkanes of at least 4 members (excludes halogenated alkanes) is 1. The minimum Gasteiger partial charge on any atom is -0.494 e. The zero-order chi connectivity index (χ0) is 13.8. The third-order valence-electron chi connectivity index (χ3n) is 3.21. The average molecular weight is 258 g/mol. The molecular weight excluding hydrogens is 240 g/mol. The summed E-state index contributed by atoms with van der Waals surface area (Å²) in [7, 11) is 0. The van der Waals surface area contributed by atoms with Crippen molar-refractivity contribution in [1.82, 2.24) is 0 Å². The van der Waals surface area contributed by atoms with Crippen LogP contribution in [-0.4, -0.2) is 18.2 Å². The molecule has 1 aromatic carbocycles. The van der Waals surface area contributed by atoms with Gasteiger partial charge in [-0.2, -0.15) is 0 Å². The van der Waals surface area contributed by atoms with Gasteiger partial charge in [0.1, 0.15) is 5.75 Å². The number of carbonyl (C=O) groups excluding carboxylic acids is 2. The van der Waals surface area contributed by atoms with Gasteiger partial charge < -0.3 is 4.74 Å². The summed E-state index contributed by atoms with van der Waals surface area (Å²) in [5.74, 6) is 0.521. The third-order valence-corrected chi connectivity index (χ3v) is 3.21. The van der Waals surface area contributed by atoms with Crippen molar-refractivity contribution in [2.75, 3.05) is 6.61 Å². The van der Waals surface area contributed by atoms with Gasteiger partial charge in [0.05, 0.1) is 6.61 Å². The van der Waals surface area contributed by atoms with Gasteiger partial charge in [-0.05, 0) is 44.0 Å². The second-order valence-electron chi connectivity index (χ2n) is 4.61. The van der Waals surface area contributed by atoms with E-state index in [1.54, 1.807) is 18.2 Å². The van der Waals surface area contributed by atoms with E-state index in [1.165, 1.54) is 6.08 Å². The van der Waals surface area contributed by atoms with E-state index < -0.39 is 0 Å². The summed E-state index contributed by atoms with van der Waals surface area (Å²) < 4.78 is 5.39. The zero-order valence-electron chi connectivity index (χ0n) is 11.4. The normalized spacial score (nSPS) is 14.1. The Bertz CT molecular complexity index is 541. The highest BCUT2D eigenvalue weighted by atomic mass is 16.5. The molecule has 0 heterocycles. The summed E-state index contributed by atoms with van der Waals surface area (Å²) in [6, 6.07) is 5.09. The summed E-state index contributed by atoms with van der Waals surface area (Å²) in [5, 5.41) is 0. The zero-order valence-corrected chi connectivity index (χ0v) is 11.4. The van der Waals surface area contributed by atoms with Gasteiger partial charge in [-0.3, -0.25) is 9.59 Å². The van der Waals surface area contributed by atoms with Crippen molar-refractivity contribution < 1.29 is 14.3 Å². The summed E-state index contributed by atoms with van der Waals surface area (Å²) in [6.07, 6.45) is 4.08. The topological polar surface area (TPSA) is 43.4 Å². The number of benzene rings is 1. The minimum absolute atomic E-state index is 0.0374. The molecule has 0 bridgehead atoms. The Kier molecular flexibility index (Phi) is 4.15.